The molecule has 1 aliphatic heterocycles. The monoisotopic (exact) mass is 425 g/mol. The Hall–Kier alpha value is -3.00. The molecule has 1 heterocycles. The van der Waals surface area contributed by atoms with Crippen LogP contribution < -0.4 is 4.90 Å². The Labute approximate surface area is 180 Å². The number of aliphatic imine (C=N–C) groups is 2. The van der Waals surface area contributed by atoms with E-state index < -0.39 is 0 Å². The highest BCUT2D eigenvalue weighted by Crippen LogP contribution is 2.30. The number of thioether (sulfide) groups is 1. The van der Waals surface area contributed by atoms with Crippen LogP contribution in [-0.2, 0) is 0 Å². The summed E-state index contributed by atoms with van der Waals surface area (Å²) in [4.78, 5) is 11.2. The van der Waals surface area contributed by atoms with E-state index in [4.69, 9.17) is 4.99 Å². The van der Waals surface area contributed by atoms with E-state index in [1.165, 1.54) is 30.1 Å². The van der Waals surface area contributed by atoms with E-state index in [2.05, 4.69) is 29.0 Å². The minimum absolute atomic E-state index is 0.131. The maximum Gasteiger partial charge on any atom is 0.202 e. The standard InChI is InChI=1S/C22H24FN5OS/c1-3-13-24-20-21(25-14-4-2)30-22(28(20)18-11-9-17(23)10-12-18)27-26-15-16-7-5-6-8-19(16)29/h5-12,15,29H,3-4,13-14H2,1-2H3. The number of hydrogen-bond donors (Lipinski definition) is 1. The van der Waals surface area contributed by atoms with Crippen molar-refractivity contribution in [2.24, 2.45) is 20.2 Å². The summed E-state index contributed by atoms with van der Waals surface area (Å²) in [6.45, 7) is 5.45. The molecule has 0 spiro atoms. The van der Waals surface area contributed by atoms with Gasteiger partial charge in [0.05, 0.1) is 6.21 Å². The van der Waals surface area contributed by atoms with Crippen molar-refractivity contribution in [1.82, 2.24) is 0 Å². The minimum Gasteiger partial charge on any atom is -0.507 e. The molecule has 0 amide bonds. The lowest BCUT2D eigenvalue weighted by molar-refractivity contribution is 0.474. The van der Waals surface area contributed by atoms with Crippen molar-refractivity contribution < 1.29 is 9.50 Å². The molecule has 8 heteroatoms. The van der Waals surface area contributed by atoms with Crippen LogP contribution in [0, 0.1) is 5.82 Å². The molecule has 0 atom stereocenters. The predicted molar refractivity (Wildman–Crippen MR) is 125 cm³/mol. The molecule has 2 aromatic rings. The van der Waals surface area contributed by atoms with Gasteiger partial charge in [-0.25, -0.2) is 4.39 Å². The van der Waals surface area contributed by atoms with Crippen LogP contribution in [0.2, 0.25) is 0 Å². The van der Waals surface area contributed by atoms with Crippen LogP contribution in [0.4, 0.5) is 10.1 Å². The Morgan fingerprint density at radius 1 is 1.00 bits per heavy atom. The van der Waals surface area contributed by atoms with Gasteiger partial charge >= 0.3 is 0 Å². The smallest absolute Gasteiger partial charge is 0.202 e. The highest BCUT2D eigenvalue weighted by atomic mass is 32.2. The normalized spacial score (nSPS) is 18.4. The first-order chi connectivity index (χ1) is 14.6. The van der Waals surface area contributed by atoms with E-state index in [1.807, 2.05) is 11.0 Å². The van der Waals surface area contributed by atoms with Gasteiger partial charge in [-0.05, 0) is 61.0 Å². The lowest BCUT2D eigenvalue weighted by Gasteiger charge is -2.17. The van der Waals surface area contributed by atoms with Gasteiger partial charge in [-0.1, -0.05) is 26.0 Å². The van der Waals surface area contributed by atoms with Crippen molar-refractivity contribution in [3.8, 4) is 5.75 Å². The third-order valence-corrected chi connectivity index (χ3v) is 5.06. The van der Waals surface area contributed by atoms with Gasteiger partial charge < -0.3 is 5.11 Å². The van der Waals surface area contributed by atoms with E-state index >= 15 is 0 Å². The third-order valence-electron chi connectivity index (χ3n) is 4.11. The molecule has 1 fully saturated rings. The highest BCUT2D eigenvalue weighted by Gasteiger charge is 2.34. The van der Waals surface area contributed by atoms with Crippen LogP contribution in [-0.4, -0.2) is 40.5 Å². The van der Waals surface area contributed by atoms with Gasteiger partial charge in [0.25, 0.3) is 0 Å². The molecule has 156 valence electrons. The number of aromatic hydroxyl groups is 1. The second-order valence-corrected chi connectivity index (χ2v) is 7.45. The van der Waals surface area contributed by atoms with Gasteiger partial charge in [-0.3, -0.25) is 14.9 Å². The molecule has 30 heavy (non-hydrogen) atoms. The second-order valence-electron chi connectivity index (χ2n) is 6.49. The molecule has 3 rings (SSSR count). The van der Waals surface area contributed by atoms with Crippen LogP contribution in [0.1, 0.15) is 32.3 Å². The Kier molecular flexibility index (Phi) is 7.73. The summed E-state index contributed by atoms with van der Waals surface area (Å²) in [5, 5.41) is 19.8. The SMILES string of the molecule is CCCN=C1SC(=NN=Cc2ccccc2O)N(c2ccc(F)cc2)C1=NCCC. The molecule has 0 radical (unpaired) electrons. The zero-order chi connectivity index (χ0) is 21.3. The largest absolute Gasteiger partial charge is 0.507 e. The molecular weight excluding hydrogens is 401 g/mol. The molecule has 1 aliphatic rings. The Balaban J connectivity index is 2.01. The summed E-state index contributed by atoms with van der Waals surface area (Å²) in [7, 11) is 0. The first kappa shape index (κ1) is 21.7. The number of rotatable bonds is 7. The summed E-state index contributed by atoms with van der Waals surface area (Å²) in [5.74, 6) is 0.512. The zero-order valence-corrected chi connectivity index (χ0v) is 17.8. The van der Waals surface area contributed by atoms with Crippen LogP contribution in [0.3, 0.4) is 0 Å². The van der Waals surface area contributed by atoms with Crippen molar-refractivity contribution in [2.75, 3.05) is 18.0 Å². The van der Waals surface area contributed by atoms with Gasteiger partial charge in [0.2, 0.25) is 5.17 Å². The number of halogens is 1. The van der Waals surface area contributed by atoms with Crippen molar-refractivity contribution >= 4 is 39.7 Å². The summed E-state index contributed by atoms with van der Waals surface area (Å²) in [6, 6.07) is 13.1. The maximum atomic E-state index is 13.5. The molecule has 0 bridgehead atoms. The quantitative estimate of drug-likeness (QED) is 0.496. The zero-order valence-electron chi connectivity index (χ0n) is 17.0. The highest BCUT2D eigenvalue weighted by molar-refractivity contribution is 8.29. The molecule has 2 aromatic carbocycles. The Morgan fingerprint density at radius 3 is 2.40 bits per heavy atom. The van der Waals surface area contributed by atoms with Crippen LogP contribution in [0.15, 0.2) is 68.7 Å². The fourth-order valence-electron chi connectivity index (χ4n) is 2.66. The van der Waals surface area contributed by atoms with E-state index in [1.54, 1.807) is 30.3 Å². The van der Waals surface area contributed by atoms with E-state index in [-0.39, 0.29) is 11.6 Å². The number of para-hydroxylation sites is 1. The first-order valence-electron chi connectivity index (χ1n) is 9.85. The van der Waals surface area contributed by atoms with Crippen LogP contribution >= 0.6 is 11.8 Å². The Morgan fingerprint density at radius 2 is 1.70 bits per heavy atom. The van der Waals surface area contributed by atoms with E-state index in [0.717, 1.165) is 23.6 Å². The predicted octanol–water partition coefficient (Wildman–Crippen LogP) is 5.09. The van der Waals surface area contributed by atoms with E-state index in [9.17, 15) is 9.50 Å². The summed E-state index contributed by atoms with van der Waals surface area (Å²) >= 11 is 1.38. The topological polar surface area (TPSA) is 72.9 Å². The molecule has 0 aliphatic carbocycles. The van der Waals surface area contributed by atoms with Gasteiger partial charge in [-0.2, -0.15) is 5.10 Å². The number of hydrogen-bond acceptors (Lipinski definition) is 6. The maximum absolute atomic E-state index is 13.5. The van der Waals surface area contributed by atoms with Gasteiger partial charge in [0.1, 0.15) is 16.6 Å². The van der Waals surface area contributed by atoms with Gasteiger partial charge in [0.15, 0.2) is 5.84 Å². The number of benzene rings is 2. The molecule has 6 nitrogen and oxygen atoms in total. The Bertz CT molecular complexity index is 985. The first-order valence-corrected chi connectivity index (χ1v) is 10.7. The average molecular weight is 426 g/mol. The average Bonchev–Trinajstić information content (AvgIpc) is 3.09. The van der Waals surface area contributed by atoms with Crippen molar-refractivity contribution in [3.63, 3.8) is 0 Å². The third kappa shape index (κ3) is 5.33. The number of anilines is 1. The summed E-state index contributed by atoms with van der Waals surface area (Å²) in [5.41, 5.74) is 1.30. The molecule has 0 unspecified atom stereocenters. The van der Waals surface area contributed by atoms with Gasteiger partial charge in [-0.15, -0.1) is 5.10 Å². The lowest BCUT2D eigenvalue weighted by Crippen LogP contribution is -2.31. The minimum atomic E-state index is -0.311. The molecular formula is C22H24FN5OS. The molecule has 0 aromatic heterocycles. The summed E-state index contributed by atoms with van der Waals surface area (Å²) < 4.78 is 13.5. The molecule has 1 N–H and O–H groups in total. The number of phenolic OH excluding ortho intramolecular Hbond substituents is 1. The van der Waals surface area contributed by atoms with Crippen LogP contribution in [0.25, 0.3) is 0 Å². The van der Waals surface area contributed by atoms with E-state index in [0.29, 0.717) is 29.7 Å². The number of phenols is 1. The fraction of sp³-hybridized carbons (Fsp3) is 0.273. The second kappa shape index (κ2) is 10.7. The van der Waals surface area contributed by atoms with Crippen molar-refractivity contribution in [1.29, 1.82) is 0 Å². The lowest BCUT2D eigenvalue weighted by atomic mass is 10.2. The fourth-order valence-corrected chi connectivity index (χ4v) is 3.61. The van der Waals surface area contributed by atoms with Crippen molar-refractivity contribution in [2.45, 2.75) is 26.7 Å². The van der Waals surface area contributed by atoms with Gasteiger partial charge in [0, 0.05) is 24.3 Å². The molecule has 0 saturated carbocycles. The number of nitrogens with zero attached hydrogens (tertiary/aromatic N) is 5. The van der Waals surface area contributed by atoms with Crippen LogP contribution in [0.5, 0.6) is 5.75 Å². The summed E-state index contributed by atoms with van der Waals surface area (Å²) in [6.07, 6.45) is 3.31. The molecule has 1 saturated heterocycles. The van der Waals surface area contributed by atoms with Crippen molar-refractivity contribution in [3.05, 3.63) is 59.9 Å². The number of amidine groups is 2.